The van der Waals surface area contributed by atoms with Gasteiger partial charge in [-0.15, -0.1) is 0 Å². The summed E-state index contributed by atoms with van der Waals surface area (Å²) in [5.74, 6) is -0.871. The Bertz CT molecular complexity index is 662. The Morgan fingerprint density at radius 2 is 1.90 bits per heavy atom. The second kappa shape index (κ2) is 5.66. The highest BCUT2D eigenvalue weighted by Gasteiger charge is 2.24. The van der Waals surface area contributed by atoms with Gasteiger partial charge < -0.3 is 14.4 Å². The first kappa shape index (κ1) is 14.6. The average molecular weight is 290 g/mol. The molecule has 1 atom stereocenters. The van der Waals surface area contributed by atoms with E-state index in [2.05, 4.69) is 0 Å². The van der Waals surface area contributed by atoms with Crippen molar-refractivity contribution in [1.29, 1.82) is 0 Å². The van der Waals surface area contributed by atoms with Gasteiger partial charge >= 0.3 is 5.88 Å². The van der Waals surface area contributed by atoms with Gasteiger partial charge in [0.05, 0.1) is 12.1 Å². The number of benzene rings is 1. The molecule has 0 radical (unpaired) electrons. The molecule has 1 aromatic heterocycles. The van der Waals surface area contributed by atoms with Crippen molar-refractivity contribution in [3.8, 4) is 5.75 Å². The van der Waals surface area contributed by atoms with E-state index in [4.69, 9.17) is 4.42 Å². The van der Waals surface area contributed by atoms with E-state index >= 15 is 0 Å². The maximum absolute atomic E-state index is 12.2. The first-order chi connectivity index (χ1) is 9.90. The summed E-state index contributed by atoms with van der Waals surface area (Å²) in [4.78, 5) is 23.5. The summed E-state index contributed by atoms with van der Waals surface area (Å²) in [5, 5.41) is 19.8. The van der Waals surface area contributed by atoms with Crippen LogP contribution in [0.1, 0.15) is 29.1 Å². The molecular weight excluding hydrogens is 276 g/mol. The lowest BCUT2D eigenvalue weighted by molar-refractivity contribution is -0.402. The third-order valence-corrected chi connectivity index (χ3v) is 3.26. The Morgan fingerprint density at radius 1 is 1.29 bits per heavy atom. The average Bonchev–Trinajstić information content (AvgIpc) is 2.96. The minimum atomic E-state index is -0.694. The summed E-state index contributed by atoms with van der Waals surface area (Å²) in [5.41, 5.74) is 0.824. The Labute approximate surface area is 120 Å². The van der Waals surface area contributed by atoms with Crippen molar-refractivity contribution in [3.05, 3.63) is 57.8 Å². The molecular formula is C14H14N2O5. The van der Waals surface area contributed by atoms with Crippen LogP contribution in [0.2, 0.25) is 0 Å². The zero-order valence-corrected chi connectivity index (χ0v) is 11.5. The molecule has 0 bridgehead atoms. The minimum Gasteiger partial charge on any atom is -0.508 e. The molecule has 1 amide bonds. The molecule has 7 heteroatoms. The predicted molar refractivity (Wildman–Crippen MR) is 74.0 cm³/mol. The molecule has 0 saturated carbocycles. The standard InChI is InChI=1S/C14H14N2O5/c1-9(10-3-5-11(17)6-4-10)15(2)14(18)12-7-8-13(21-12)16(19)20/h3-9,17H,1-2H3. The van der Waals surface area contributed by atoms with Gasteiger partial charge in [-0.25, -0.2) is 0 Å². The van der Waals surface area contributed by atoms with Gasteiger partial charge in [0.1, 0.15) is 10.7 Å². The van der Waals surface area contributed by atoms with Crippen LogP contribution in [0, 0.1) is 10.1 Å². The third kappa shape index (κ3) is 3.02. The quantitative estimate of drug-likeness (QED) is 0.689. The number of carbonyl (C=O) groups excluding carboxylic acids is 1. The summed E-state index contributed by atoms with van der Waals surface area (Å²) >= 11 is 0. The Morgan fingerprint density at radius 3 is 2.43 bits per heavy atom. The fourth-order valence-electron chi connectivity index (χ4n) is 1.87. The number of nitro groups is 1. The van der Waals surface area contributed by atoms with Crippen LogP contribution in [0.3, 0.4) is 0 Å². The first-order valence-electron chi connectivity index (χ1n) is 6.20. The molecule has 21 heavy (non-hydrogen) atoms. The summed E-state index contributed by atoms with van der Waals surface area (Å²) in [6.07, 6.45) is 0. The number of furan rings is 1. The second-order valence-corrected chi connectivity index (χ2v) is 4.58. The van der Waals surface area contributed by atoms with E-state index in [1.807, 2.05) is 6.92 Å². The maximum Gasteiger partial charge on any atom is 0.433 e. The second-order valence-electron chi connectivity index (χ2n) is 4.58. The van der Waals surface area contributed by atoms with Crippen LogP contribution in [-0.4, -0.2) is 27.9 Å². The lowest BCUT2D eigenvalue weighted by atomic mass is 10.1. The molecule has 0 aliphatic rings. The largest absolute Gasteiger partial charge is 0.508 e. The van der Waals surface area contributed by atoms with E-state index in [0.717, 1.165) is 11.6 Å². The summed E-state index contributed by atoms with van der Waals surface area (Å²) in [6.45, 7) is 1.81. The molecule has 1 unspecified atom stereocenters. The number of hydrogen-bond acceptors (Lipinski definition) is 5. The van der Waals surface area contributed by atoms with Gasteiger partial charge in [-0.05, 0) is 30.7 Å². The molecule has 2 aromatic rings. The van der Waals surface area contributed by atoms with E-state index < -0.39 is 16.7 Å². The Kier molecular flexibility index (Phi) is 3.93. The van der Waals surface area contributed by atoms with Gasteiger partial charge in [0.15, 0.2) is 5.76 Å². The molecule has 0 aliphatic heterocycles. The topological polar surface area (TPSA) is 96.8 Å². The zero-order valence-electron chi connectivity index (χ0n) is 11.5. The predicted octanol–water partition coefficient (Wildman–Crippen LogP) is 2.73. The van der Waals surface area contributed by atoms with Crippen LogP contribution in [0.25, 0.3) is 0 Å². The van der Waals surface area contributed by atoms with Crippen LogP contribution in [0.15, 0.2) is 40.8 Å². The fourth-order valence-corrected chi connectivity index (χ4v) is 1.87. The lowest BCUT2D eigenvalue weighted by Gasteiger charge is -2.24. The molecule has 1 aromatic carbocycles. The molecule has 0 spiro atoms. The lowest BCUT2D eigenvalue weighted by Crippen LogP contribution is -2.29. The van der Waals surface area contributed by atoms with Gasteiger partial charge in [0.25, 0.3) is 5.91 Å². The van der Waals surface area contributed by atoms with Crippen LogP contribution in [0.5, 0.6) is 5.75 Å². The number of amides is 1. The van der Waals surface area contributed by atoms with E-state index in [0.29, 0.717) is 0 Å². The van der Waals surface area contributed by atoms with Crippen LogP contribution < -0.4 is 0 Å². The minimum absolute atomic E-state index is 0.0881. The summed E-state index contributed by atoms with van der Waals surface area (Å²) < 4.78 is 4.90. The SMILES string of the molecule is CC(c1ccc(O)cc1)N(C)C(=O)c1ccc([N+](=O)[O-])o1. The Balaban J connectivity index is 2.17. The van der Waals surface area contributed by atoms with Crippen molar-refractivity contribution >= 4 is 11.8 Å². The fraction of sp³-hybridized carbons (Fsp3) is 0.214. The summed E-state index contributed by atoms with van der Waals surface area (Å²) in [6, 6.07) is 8.61. The highest BCUT2D eigenvalue weighted by atomic mass is 16.6. The number of phenols is 1. The molecule has 0 aliphatic carbocycles. The smallest absolute Gasteiger partial charge is 0.433 e. The van der Waals surface area contributed by atoms with Crippen molar-refractivity contribution < 1.29 is 19.2 Å². The zero-order chi connectivity index (χ0) is 15.6. The van der Waals surface area contributed by atoms with Crippen molar-refractivity contribution in [1.82, 2.24) is 4.90 Å². The van der Waals surface area contributed by atoms with Gasteiger partial charge in [0, 0.05) is 7.05 Å². The van der Waals surface area contributed by atoms with E-state index in [1.54, 1.807) is 19.2 Å². The van der Waals surface area contributed by atoms with Gasteiger partial charge in [-0.2, -0.15) is 0 Å². The molecule has 7 nitrogen and oxygen atoms in total. The Hall–Kier alpha value is -2.83. The first-order valence-corrected chi connectivity index (χ1v) is 6.20. The third-order valence-electron chi connectivity index (χ3n) is 3.26. The molecule has 1 heterocycles. The van der Waals surface area contributed by atoms with Gasteiger partial charge in [-0.3, -0.25) is 14.9 Å². The highest BCUT2D eigenvalue weighted by molar-refractivity contribution is 5.91. The van der Waals surface area contributed by atoms with Crippen LogP contribution >= 0.6 is 0 Å². The monoisotopic (exact) mass is 290 g/mol. The molecule has 110 valence electrons. The number of carbonyl (C=O) groups is 1. The van der Waals surface area contributed by atoms with E-state index in [1.165, 1.54) is 23.1 Å². The van der Waals surface area contributed by atoms with Crippen molar-refractivity contribution in [2.24, 2.45) is 0 Å². The molecule has 1 N–H and O–H groups in total. The maximum atomic E-state index is 12.2. The number of phenolic OH excluding ortho intramolecular Hbond substituents is 1. The van der Waals surface area contributed by atoms with Gasteiger partial charge in [0.2, 0.25) is 0 Å². The number of rotatable bonds is 4. The normalized spacial score (nSPS) is 11.9. The van der Waals surface area contributed by atoms with Crippen molar-refractivity contribution in [3.63, 3.8) is 0 Å². The summed E-state index contributed by atoms with van der Waals surface area (Å²) in [7, 11) is 1.58. The molecule has 2 rings (SSSR count). The molecule has 0 saturated heterocycles. The van der Waals surface area contributed by atoms with Crippen LogP contribution in [0.4, 0.5) is 5.88 Å². The number of hydrogen-bond donors (Lipinski definition) is 1. The highest BCUT2D eigenvalue weighted by Crippen LogP contribution is 2.24. The van der Waals surface area contributed by atoms with Gasteiger partial charge in [-0.1, -0.05) is 12.1 Å². The number of aromatic hydroxyl groups is 1. The van der Waals surface area contributed by atoms with E-state index in [-0.39, 0.29) is 17.6 Å². The van der Waals surface area contributed by atoms with Crippen molar-refractivity contribution in [2.75, 3.05) is 7.05 Å². The van der Waals surface area contributed by atoms with Crippen molar-refractivity contribution in [2.45, 2.75) is 13.0 Å². The number of nitrogens with zero attached hydrogens (tertiary/aromatic N) is 2. The van der Waals surface area contributed by atoms with Crippen LogP contribution in [-0.2, 0) is 0 Å². The molecule has 0 fully saturated rings. The van der Waals surface area contributed by atoms with E-state index in [9.17, 15) is 20.0 Å².